The summed E-state index contributed by atoms with van der Waals surface area (Å²) in [5, 5.41) is 3.06. The summed E-state index contributed by atoms with van der Waals surface area (Å²) in [6.07, 6.45) is 0.772. The van der Waals surface area contributed by atoms with Gasteiger partial charge in [0.1, 0.15) is 0 Å². The van der Waals surface area contributed by atoms with Crippen molar-refractivity contribution in [2.24, 2.45) is 0 Å². The molecular formula is C13H15F2NO2. The van der Waals surface area contributed by atoms with Gasteiger partial charge in [-0.15, -0.1) is 0 Å². The first-order chi connectivity index (χ1) is 8.60. The van der Waals surface area contributed by atoms with Crippen molar-refractivity contribution in [3.05, 3.63) is 35.4 Å². The molecule has 0 amide bonds. The summed E-state index contributed by atoms with van der Waals surface area (Å²) >= 11 is 0. The van der Waals surface area contributed by atoms with Crippen LogP contribution in [0.3, 0.4) is 0 Å². The lowest BCUT2D eigenvalue weighted by atomic mass is 10.0. The number of hydrogen-bond acceptors (Lipinski definition) is 3. The highest BCUT2D eigenvalue weighted by molar-refractivity contribution is 5.86. The van der Waals surface area contributed by atoms with Gasteiger partial charge in [0.15, 0.2) is 17.4 Å². The summed E-state index contributed by atoms with van der Waals surface area (Å²) in [4.78, 5) is 11.9. The Kier molecular flexibility index (Phi) is 4.04. The number of benzene rings is 1. The molecule has 18 heavy (non-hydrogen) atoms. The highest BCUT2D eigenvalue weighted by atomic mass is 19.2. The smallest absolute Gasteiger partial charge is 0.159 e. The molecule has 0 saturated carbocycles. The van der Waals surface area contributed by atoms with Gasteiger partial charge in [-0.25, -0.2) is 8.78 Å². The Morgan fingerprint density at radius 1 is 1.44 bits per heavy atom. The second-order valence-electron chi connectivity index (χ2n) is 4.45. The SMILES string of the molecule is COC1CNC(C(=O)Cc2ccc(F)c(F)c2)C1. The molecule has 1 heterocycles. The second kappa shape index (κ2) is 5.54. The minimum atomic E-state index is -0.922. The normalized spacial score (nSPS) is 23.3. The second-order valence-corrected chi connectivity index (χ2v) is 4.45. The van der Waals surface area contributed by atoms with Crippen molar-refractivity contribution in [1.29, 1.82) is 0 Å². The van der Waals surface area contributed by atoms with Crippen molar-refractivity contribution in [1.82, 2.24) is 5.32 Å². The first-order valence-corrected chi connectivity index (χ1v) is 5.83. The van der Waals surface area contributed by atoms with Crippen LogP contribution in [-0.2, 0) is 16.0 Å². The molecule has 2 unspecified atom stereocenters. The van der Waals surface area contributed by atoms with Crippen molar-refractivity contribution in [2.45, 2.75) is 25.0 Å². The quantitative estimate of drug-likeness (QED) is 0.885. The van der Waals surface area contributed by atoms with Gasteiger partial charge in [0.25, 0.3) is 0 Å². The van der Waals surface area contributed by atoms with E-state index in [9.17, 15) is 13.6 Å². The molecule has 2 rings (SSSR count). The molecule has 1 N–H and O–H groups in total. The lowest BCUT2D eigenvalue weighted by Crippen LogP contribution is -2.31. The zero-order chi connectivity index (χ0) is 13.1. The number of halogens is 2. The minimum absolute atomic E-state index is 0.0273. The van der Waals surface area contributed by atoms with Crippen LogP contribution in [0.15, 0.2) is 18.2 Å². The average Bonchev–Trinajstić information content (AvgIpc) is 2.82. The number of nitrogens with one attached hydrogen (secondary N) is 1. The largest absolute Gasteiger partial charge is 0.380 e. The molecule has 0 radical (unpaired) electrons. The molecule has 1 saturated heterocycles. The third-order valence-corrected chi connectivity index (χ3v) is 3.17. The first-order valence-electron chi connectivity index (χ1n) is 5.83. The Morgan fingerprint density at radius 3 is 2.83 bits per heavy atom. The molecule has 1 aliphatic rings. The number of rotatable bonds is 4. The minimum Gasteiger partial charge on any atom is -0.380 e. The number of carbonyl (C=O) groups is 1. The summed E-state index contributed by atoms with van der Waals surface area (Å²) in [6.45, 7) is 0.644. The lowest BCUT2D eigenvalue weighted by molar-refractivity contribution is -0.120. The van der Waals surface area contributed by atoms with Crippen LogP contribution >= 0.6 is 0 Å². The number of Topliss-reactive ketones (excluding diaryl/α,β-unsaturated/α-hetero) is 1. The van der Waals surface area contributed by atoms with Crippen LogP contribution in [0, 0.1) is 11.6 Å². The molecular weight excluding hydrogens is 240 g/mol. The van der Waals surface area contributed by atoms with Crippen molar-refractivity contribution in [3.63, 3.8) is 0 Å². The maximum Gasteiger partial charge on any atom is 0.159 e. The predicted molar refractivity (Wildman–Crippen MR) is 62.3 cm³/mol. The summed E-state index contributed by atoms with van der Waals surface area (Å²) < 4.78 is 30.9. The van der Waals surface area contributed by atoms with E-state index in [0.29, 0.717) is 18.5 Å². The number of ether oxygens (including phenoxy) is 1. The van der Waals surface area contributed by atoms with Gasteiger partial charge in [0.2, 0.25) is 0 Å². The van der Waals surface area contributed by atoms with Crippen LogP contribution in [0.5, 0.6) is 0 Å². The molecule has 1 fully saturated rings. The zero-order valence-corrected chi connectivity index (χ0v) is 10.1. The molecule has 1 aromatic rings. The van der Waals surface area contributed by atoms with Gasteiger partial charge in [-0.05, 0) is 24.1 Å². The number of methoxy groups -OCH3 is 1. The molecule has 0 aromatic heterocycles. The number of hydrogen-bond donors (Lipinski definition) is 1. The van der Waals surface area contributed by atoms with Crippen LogP contribution in [0.1, 0.15) is 12.0 Å². The molecule has 98 valence electrons. The molecule has 1 aromatic carbocycles. The Bertz CT molecular complexity index is 451. The van der Waals surface area contributed by atoms with Crippen LogP contribution in [0.4, 0.5) is 8.78 Å². The van der Waals surface area contributed by atoms with Crippen molar-refractivity contribution in [3.8, 4) is 0 Å². The molecule has 0 bridgehead atoms. The van der Waals surface area contributed by atoms with E-state index in [4.69, 9.17) is 4.74 Å². The van der Waals surface area contributed by atoms with Gasteiger partial charge in [-0.1, -0.05) is 6.07 Å². The summed E-state index contributed by atoms with van der Waals surface area (Å²) in [5.41, 5.74) is 0.488. The molecule has 1 aliphatic heterocycles. The van der Waals surface area contributed by atoms with Crippen molar-refractivity contribution < 1.29 is 18.3 Å². The monoisotopic (exact) mass is 255 g/mol. The third kappa shape index (κ3) is 2.91. The fraction of sp³-hybridized carbons (Fsp3) is 0.462. The van der Waals surface area contributed by atoms with Gasteiger partial charge in [0.05, 0.1) is 12.1 Å². The first kappa shape index (κ1) is 13.1. The third-order valence-electron chi connectivity index (χ3n) is 3.17. The van der Waals surface area contributed by atoms with E-state index in [-0.39, 0.29) is 24.3 Å². The average molecular weight is 255 g/mol. The van der Waals surface area contributed by atoms with E-state index in [2.05, 4.69) is 5.32 Å². The van der Waals surface area contributed by atoms with E-state index in [1.165, 1.54) is 6.07 Å². The molecule has 0 spiro atoms. The van der Waals surface area contributed by atoms with E-state index < -0.39 is 11.6 Å². The Balaban J connectivity index is 1.97. The number of ketones is 1. The highest BCUT2D eigenvalue weighted by Gasteiger charge is 2.29. The van der Waals surface area contributed by atoms with Crippen LogP contribution in [0.2, 0.25) is 0 Å². The van der Waals surface area contributed by atoms with Crippen molar-refractivity contribution in [2.75, 3.05) is 13.7 Å². The maximum absolute atomic E-state index is 13.0. The maximum atomic E-state index is 13.0. The van der Waals surface area contributed by atoms with Gasteiger partial charge in [0, 0.05) is 20.1 Å². The van der Waals surface area contributed by atoms with Crippen LogP contribution < -0.4 is 5.32 Å². The standard InChI is InChI=1S/C13H15F2NO2/c1-18-9-6-12(16-7-9)13(17)5-8-2-3-10(14)11(15)4-8/h2-4,9,12,16H,5-7H2,1H3. The van der Waals surface area contributed by atoms with Gasteiger partial charge < -0.3 is 10.1 Å². The molecule has 5 heteroatoms. The predicted octanol–water partition coefficient (Wildman–Crippen LogP) is 1.45. The summed E-state index contributed by atoms with van der Waals surface area (Å²) in [5.74, 6) is -1.85. The summed E-state index contributed by atoms with van der Waals surface area (Å²) in [7, 11) is 1.61. The number of carbonyl (C=O) groups excluding carboxylic acids is 1. The Morgan fingerprint density at radius 2 is 2.22 bits per heavy atom. The van der Waals surface area contributed by atoms with Gasteiger partial charge in [-0.3, -0.25) is 4.79 Å². The molecule has 2 atom stereocenters. The van der Waals surface area contributed by atoms with E-state index in [1.807, 2.05) is 0 Å². The lowest BCUT2D eigenvalue weighted by Gasteiger charge is -2.09. The van der Waals surface area contributed by atoms with Gasteiger partial charge in [-0.2, -0.15) is 0 Å². The fourth-order valence-electron chi connectivity index (χ4n) is 2.10. The van der Waals surface area contributed by atoms with Crippen molar-refractivity contribution >= 4 is 5.78 Å². The van der Waals surface area contributed by atoms with Crippen LogP contribution in [0.25, 0.3) is 0 Å². The zero-order valence-electron chi connectivity index (χ0n) is 10.1. The topological polar surface area (TPSA) is 38.3 Å². The Hall–Kier alpha value is -1.33. The van der Waals surface area contributed by atoms with Crippen LogP contribution in [-0.4, -0.2) is 31.6 Å². The highest BCUT2D eigenvalue weighted by Crippen LogP contribution is 2.14. The fourth-order valence-corrected chi connectivity index (χ4v) is 2.10. The van der Waals surface area contributed by atoms with E-state index in [0.717, 1.165) is 12.1 Å². The summed E-state index contributed by atoms with van der Waals surface area (Å²) in [6, 6.07) is 3.27. The van der Waals surface area contributed by atoms with E-state index in [1.54, 1.807) is 7.11 Å². The molecule has 0 aliphatic carbocycles. The molecule has 3 nitrogen and oxygen atoms in total. The van der Waals surface area contributed by atoms with E-state index >= 15 is 0 Å². The Labute approximate surface area is 104 Å². The van der Waals surface area contributed by atoms with Gasteiger partial charge >= 0.3 is 0 Å².